The van der Waals surface area contributed by atoms with Crippen LogP contribution in [0.5, 0.6) is 0 Å². The van der Waals surface area contributed by atoms with Gasteiger partial charge in [0.1, 0.15) is 10.6 Å². The van der Waals surface area contributed by atoms with Crippen molar-refractivity contribution in [2.45, 2.75) is 17.8 Å². The molecule has 0 atom stereocenters. The summed E-state index contributed by atoms with van der Waals surface area (Å²) in [5.74, 6) is -0.823. The predicted molar refractivity (Wildman–Crippen MR) is 124 cm³/mol. The van der Waals surface area contributed by atoms with Crippen molar-refractivity contribution in [1.82, 2.24) is 40.7 Å². The maximum atomic E-state index is 12.9. The van der Waals surface area contributed by atoms with E-state index in [1.54, 1.807) is 0 Å². The molecule has 0 spiro atoms. The van der Waals surface area contributed by atoms with Gasteiger partial charge in [-0.1, -0.05) is 29.1 Å². The van der Waals surface area contributed by atoms with Crippen molar-refractivity contribution in [2.75, 3.05) is 5.73 Å². The third kappa shape index (κ3) is 4.37. The molecule has 16 nitrogen and oxygen atoms in total. The number of nitrogens with two attached hydrogens (primary N) is 1. The number of hydrogen-bond donors (Lipinski definition) is 3. The number of anilines is 1. The van der Waals surface area contributed by atoms with Gasteiger partial charge in [0.2, 0.25) is 11.6 Å². The number of thioether (sulfide) groups is 1. The van der Waals surface area contributed by atoms with E-state index < -0.39 is 16.7 Å². The standard InChI is InChI=1S/C19H15N11O5S/c1-9(13-6-7-14(34-13)30(32)33)23-25-18(31)15-12(29(28-24-15)17-16(20)26-35-27-17)8-36-19-21-10-4-2-3-5-11(10)22-19/h2-7H,8H2,1H3,(H2,20,26)(H,21,22)(H,25,31)/b23-9+. The molecule has 4 N–H and O–H groups in total. The van der Waals surface area contributed by atoms with E-state index in [9.17, 15) is 14.9 Å². The Morgan fingerprint density at radius 2 is 2.14 bits per heavy atom. The normalized spacial score (nSPS) is 11.8. The van der Waals surface area contributed by atoms with E-state index in [1.165, 1.54) is 35.5 Å². The second-order valence-corrected chi connectivity index (χ2v) is 8.11. The Morgan fingerprint density at radius 1 is 1.31 bits per heavy atom. The molecule has 17 heteroatoms. The summed E-state index contributed by atoms with van der Waals surface area (Å²) in [6.07, 6.45) is 0. The molecule has 0 aliphatic carbocycles. The lowest BCUT2D eigenvalue weighted by molar-refractivity contribution is -0.402. The number of rotatable bonds is 8. The van der Waals surface area contributed by atoms with Crippen LogP contribution in [0, 0.1) is 10.1 Å². The number of carbonyl (C=O) groups is 1. The zero-order valence-corrected chi connectivity index (χ0v) is 19.1. The molecule has 0 aliphatic heterocycles. The minimum absolute atomic E-state index is 0.0462. The highest BCUT2D eigenvalue weighted by atomic mass is 32.2. The molecule has 0 unspecified atom stereocenters. The molecule has 5 aromatic rings. The van der Waals surface area contributed by atoms with Crippen LogP contribution in [-0.2, 0) is 5.75 Å². The van der Waals surface area contributed by atoms with Crippen LogP contribution in [0.4, 0.5) is 11.7 Å². The zero-order valence-electron chi connectivity index (χ0n) is 18.3. The first kappa shape index (κ1) is 22.7. The summed E-state index contributed by atoms with van der Waals surface area (Å²) >= 11 is 1.30. The van der Waals surface area contributed by atoms with Gasteiger partial charge in [-0.3, -0.25) is 14.9 Å². The molecule has 0 saturated carbocycles. The van der Waals surface area contributed by atoms with E-state index in [0.29, 0.717) is 10.9 Å². The monoisotopic (exact) mass is 509 g/mol. The van der Waals surface area contributed by atoms with Crippen LogP contribution < -0.4 is 11.2 Å². The number of hydrazone groups is 1. The smallest absolute Gasteiger partial charge is 0.399 e. The fraction of sp³-hybridized carbons (Fsp3) is 0.105. The first-order valence-electron chi connectivity index (χ1n) is 10.1. The van der Waals surface area contributed by atoms with Gasteiger partial charge in [0.25, 0.3) is 5.91 Å². The van der Waals surface area contributed by atoms with E-state index in [2.05, 4.69) is 45.7 Å². The number of hydrogen-bond acceptors (Lipinski definition) is 13. The Bertz CT molecular complexity index is 1580. The number of nitrogen functional groups attached to an aromatic ring is 1. The molecule has 0 bridgehead atoms. The maximum absolute atomic E-state index is 12.9. The minimum Gasteiger partial charge on any atom is -0.399 e. The third-order valence-electron chi connectivity index (χ3n) is 4.84. The van der Waals surface area contributed by atoms with Crippen molar-refractivity contribution in [3.8, 4) is 5.82 Å². The molecule has 36 heavy (non-hydrogen) atoms. The highest BCUT2D eigenvalue weighted by molar-refractivity contribution is 7.98. The van der Waals surface area contributed by atoms with Gasteiger partial charge in [0, 0.05) is 5.75 Å². The van der Waals surface area contributed by atoms with Crippen LogP contribution in [0.2, 0.25) is 0 Å². The Hall–Kier alpha value is -5.06. The summed E-state index contributed by atoms with van der Waals surface area (Å²) in [4.78, 5) is 30.8. The van der Waals surface area contributed by atoms with Gasteiger partial charge in [0.05, 0.1) is 22.8 Å². The summed E-state index contributed by atoms with van der Waals surface area (Å²) in [6.45, 7) is 1.51. The maximum Gasteiger partial charge on any atom is 0.433 e. The number of H-pyrrole nitrogens is 1. The fourth-order valence-corrected chi connectivity index (χ4v) is 3.99. The van der Waals surface area contributed by atoms with Crippen LogP contribution in [0.1, 0.15) is 28.9 Å². The molecule has 0 radical (unpaired) electrons. The number of para-hydroxylation sites is 2. The summed E-state index contributed by atoms with van der Waals surface area (Å²) in [5.41, 5.74) is 10.3. The van der Waals surface area contributed by atoms with E-state index in [-0.39, 0.29) is 34.6 Å². The predicted octanol–water partition coefficient (Wildman–Crippen LogP) is 2.06. The number of aromatic amines is 1. The molecule has 1 amide bonds. The highest BCUT2D eigenvalue weighted by Crippen LogP contribution is 2.26. The topological polar surface area (TPSA) is 222 Å². The van der Waals surface area contributed by atoms with E-state index >= 15 is 0 Å². The molecule has 0 aliphatic rings. The lowest BCUT2D eigenvalue weighted by Gasteiger charge is -2.04. The van der Waals surface area contributed by atoms with E-state index in [1.807, 2.05) is 24.3 Å². The molecule has 0 saturated heterocycles. The second kappa shape index (κ2) is 9.29. The van der Waals surface area contributed by atoms with Gasteiger partial charge in [-0.2, -0.15) is 9.78 Å². The number of aromatic nitrogens is 7. The minimum atomic E-state index is -0.697. The summed E-state index contributed by atoms with van der Waals surface area (Å²) in [7, 11) is 0. The lowest BCUT2D eigenvalue weighted by Crippen LogP contribution is -2.21. The average Bonchev–Trinajstić information content (AvgIpc) is 3.66. The number of furan rings is 1. The van der Waals surface area contributed by atoms with Gasteiger partial charge in [-0.05, 0) is 35.4 Å². The van der Waals surface area contributed by atoms with Crippen molar-refractivity contribution >= 4 is 46.1 Å². The van der Waals surface area contributed by atoms with Crippen molar-refractivity contribution in [1.29, 1.82) is 0 Å². The molecular weight excluding hydrogens is 494 g/mol. The number of nitrogens with one attached hydrogen (secondary N) is 2. The summed E-state index contributed by atoms with van der Waals surface area (Å²) in [6, 6.07) is 10.1. The van der Waals surface area contributed by atoms with Gasteiger partial charge in [-0.15, -0.1) is 5.10 Å². The number of fused-ring (bicyclic) bond motifs is 1. The Morgan fingerprint density at radius 3 is 2.86 bits per heavy atom. The first-order chi connectivity index (χ1) is 17.4. The van der Waals surface area contributed by atoms with Crippen LogP contribution >= 0.6 is 11.8 Å². The van der Waals surface area contributed by atoms with Gasteiger partial charge < -0.3 is 15.1 Å². The van der Waals surface area contributed by atoms with Crippen LogP contribution in [-0.4, -0.2) is 51.8 Å². The van der Waals surface area contributed by atoms with Crippen molar-refractivity contribution < 1.29 is 18.8 Å². The van der Waals surface area contributed by atoms with Gasteiger partial charge in [-0.25, -0.2) is 15.0 Å². The number of imidazole rings is 1. The molecule has 4 heterocycles. The van der Waals surface area contributed by atoms with Gasteiger partial charge >= 0.3 is 5.88 Å². The molecular formula is C19H15N11O5S. The number of carbonyl (C=O) groups excluding carboxylic acids is 1. The quantitative estimate of drug-likeness (QED) is 0.118. The Kier molecular flexibility index (Phi) is 5.87. The largest absolute Gasteiger partial charge is 0.433 e. The van der Waals surface area contributed by atoms with Crippen LogP contribution in [0.25, 0.3) is 16.9 Å². The molecule has 182 valence electrons. The Balaban J connectivity index is 1.41. The molecule has 0 fully saturated rings. The average molecular weight is 509 g/mol. The molecule has 5 rings (SSSR count). The van der Waals surface area contributed by atoms with Gasteiger partial charge in [0.15, 0.2) is 16.6 Å². The summed E-state index contributed by atoms with van der Waals surface area (Å²) in [5, 5.41) is 30.6. The van der Waals surface area contributed by atoms with Crippen LogP contribution in [0.3, 0.4) is 0 Å². The third-order valence-corrected chi connectivity index (χ3v) is 5.73. The highest BCUT2D eigenvalue weighted by Gasteiger charge is 2.24. The van der Waals surface area contributed by atoms with E-state index in [0.717, 1.165) is 11.0 Å². The molecule has 4 aromatic heterocycles. The second-order valence-electron chi connectivity index (χ2n) is 7.15. The van der Waals surface area contributed by atoms with Crippen molar-refractivity contribution in [3.63, 3.8) is 0 Å². The SMILES string of the molecule is C/C(=N\NC(=O)c1nnn(-c2nonc2N)c1CSc1nc2ccccc2[nH]1)c1ccc([N+](=O)[O-])o1. The first-order valence-corrected chi connectivity index (χ1v) is 11.1. The van der Waals surface area contributed by atoms with Crippen LogP contribution in [0.15, 0.2) is 55.7 Å². The number of nitro groups is 1. The van der Waals surface area contributed by atoms with Crippen molar-refractivity contribution in [3.05, 3.63) is 63.7 Å². The van der Waals surface area contributed by atoms with Crippen molar-refractivity contribution in [2.24, 2.45) is 5.10 Å². The number of amides is 1. The zero-order chi connectivity index (χ0) is 25.2. The van der Waals surface area contributed by atoms with E-state index in [4.69, 9.17) is 10.2 Å². The number of nitrogens with zero attached hydrogens (tertiary/aromatic N) is 8. The number of benzene rings is 1. The lowest BCUT2D eigenvalue weighted by atomic mass is 10.3. The molecule has 1 aromatic carbocycles. The fourth-order valence-electron chi connectivity index (χ4n) is 3.11. The Labute approximate surface area is 204 Å². The summed E-state index contributed by atoms with van der Waals surface area (Å²) < 4.78 is 11.0.